The smallest absolute Gasteiger partial charge is 0.404 e. The van der Waals surface area contributed by atoms with Gasteiger partial charge in [-0.15, -0.1) is 0 Å². The van der Waals surface area contributed by atoms with Crippen molar-refractivity contribution in [3.63, 3.8) is 0 Å². The van der Waals surface area contributed by atoms with E-state index < -0.39 is 33.5 Å². The van der Waals surface area contributed by atoms with Gasteiger partial charge in [0.25, 0.3) is 5.91 Å². The molecule has 248 valence electrons. The molecule has 0 spiro atoms. The van der Waals surface area contributed by atoms with E-state index in [1.807, 2.05) is 43.3 Å². The molecule has 3 aromatic carbocycles. The lowest BCUT2D eigenvalue weighted by atomic mass is 9.72. The Morgan fingerprint density at radius 2 is 1.78 bits per heavy atom. The van der Waals surface area contributed by atoms with Crippen LogP contribution in [0, 0.1) is 18.7 Å². The number of carbonyl (C=O) groups is 2. The van der Waals surface area contributed by atoms with Crippen molar-refractivity contribution in [1.82, 2.24) is 20.3 Å². The molecule has 0 unspecified atom stereocenters. The number of hydrogen-bond acceptors (Lipinski definition) is 6. The Hall–Kier alpha value is -3.84. The van der Waals surface area contributed by atoms with Crippen LogP contribution in [0.15, 0.2) is 66.7 Å². The minimum absolute atomic E-state index is 0.123. The predicted octanol–water partition coefficient (Wildman–Crippen LogP) is 4.23. The van der Waals surface area contributed by atoms with Crippen LogP contribution in [0.25, 0.3) is 11.1 Å². The zero-order chi connectivity index (χ0) is 33.3. The first-order chi connectivity index (χ1) is 21.9. The van der Waals surface area contributed by atoms with E-state index in [9.17, 15) is 23.1 Å². The summed E-state index contributed by atoms with van der Waals surface area (Å²) in [6.45, 7) is 4.04. The number of aryl methyl sites for hydroxylation is 1. The highest BCUT2D eigenvalue weighted by Gasteiger charge is 2.43. The number of nitrogens with zero attached hydrogens (tertiary/aromatic N) is 1. The topological polar surface area (TPSA) is 148 Å². The average Bonchev–Trinajstić information content (AvgIpc) is 3.02. The zero-order valence-electron chi connectivity index (χ0n) is 26.3. The van der Waals surface area contributed by atoms with Crippen LogP contribution < -0.4 is 15.4 Å². The molecule has 12 heteroatoms. The SMILES string of the molecule is Cc1cccc(-c2c(F)cccc2[C@](O)(CCCNC(=O)O)[C@@H]2CCCN(C(=O)c3ccc(CNCCNS(C)(=O)=O)cc3)C2)c1. The van der Waals surface area contributed by atoms with E-state index in [0.717, 1.165) is 17.4 Å². The molecule has 3 aromatic rings. The Labute approximate surface area is 270 Å². The van der Waals surface area contributed by atoms with Crippen molar-refractivity contribution in [3.8, 4) is 11.1 Å². The van der Waals surface area contributed by atoms with Crippen LogP contribution in [-0.2, 0) is 22.2 Å². The van der Waals surface area contributed by atoms with Gasteiger partial charge in [-0.2, -0.15) is 0 Å². The standard InChI is InChI=1S/C34H43FN4O6S/c1-24-7-3-8-27(21-24)31-29(10-4-11-30(31)35)34(43,16-6-17-37-33(41)42)28-9-5-20-39(23-28)32(40)26-14-12-25(13-15-26)22-36-18-19-38-46(2,44)45/h3-4,7-8,10-15,21,28,36-38,43H,5-6,9,16-20,22-23H2,1-2H3,(H,41,42)/t28-,34+/m1/s1. The first-order valence-electron chi connectivity index (χ1n) is 15.5. The second-order valence-corrected chi connectivity index (χ2v) is 13.8. The molecule has 10 nitrogen and oxygen atoms in total. The molecule has 1 aliphatic rings. The van der Waals surface area contributed by atoms with Crippen molar-refractivity contribution in [1.29, 1.82) is 0 Å². The Morgan fingerprint density at radius 3 is 2.48 bits per heavy atom. The summed E-state index contributed by atoms with van der Waals surface area (Å²) in [5.74, 6) is -1.06. The van der Waals surface area contributed by atoms with E-state index in [2.05, 4.69) is 15.4 Å². The number of carboxylic acid groups (broad SMARTS) is 1. The number of nitrogens with one attached hydrogen (secondary N) is 3. The molecule has 2 atom stereocenters. The third kappa shape index (κ3) is 9.35. The molecule has 0 aromatic heterocycles. The van der Waals surface area contributed by atoms with Gasteiger partial charge in [-0.05, 0) is 67.5 Å². The highest BCUT2D eigenvalue weighted by Crippen LogP contribution is 2.44. The van der Waals surface area contributed by atoms with E-state index >= 15 is 4.39 Å². The maximum Gasteiger partial charge on any atom is 0.404 e. The lowest BCUT2D eigenvalue weighted by Gasteiger charge is -2.43. The molecule has 1 heterocycles. The largest absolute Gasteiger partial charge is 0.465 e. The van der Waals surface area contributed by atoms with Gasteiger partial charge in [0.2, 0.25) is 10.0 Å². The van der Waals surface area contributed by atoms with E-state index in [1.54, 1.807) is 29.2 Å². The summed E-state index contributed by atoms with van der Waals surface area (Å²) in [4.78, 5) is 26.5. The minimum atomic E-state index is -3.24. The molecule has 1 fully saturated rings. The first kappa shape index (κ1) is 35.0. The number of likely N-dealkylation sites (tertiary alicyclic amines) is 1. The van der Waals surface area contributed by atoms with E-state index in [-0.39, 0.29) is 32.0 Å². The van der Waals surface area contributed by atoms with Gasteiger partial charge in [0.05, 0.1) is 11.9 Å². The van der Waals surface area contributed by atoms with E-state index in [4.69, 9.17) is 5.11 Å². The second kappa shape index (κ2) is 15.6. The Morgan fingerprint density at radius 1 is 1.04 bits per heavy atom. The maximum absolute atomic E-state index is 15.6. The van der Waals surface area contributed by atoms with Crippen LogP contribution in [0.4, 0.5) is 9.18 Å². The molecule has 5 N–H and O–H groups in total. The number of sulfonamides is 1. The van der Waals surface area contributed by atoms with Crippen molar-refractivity contribution in [2.75, 3.05) is 39.0 Å². The van der Waals surface area contributed by atoms with Gasteiger partial charge in [0, 0.05) is 56.3 Å². The summed E-state index contributed by atoms with van der Waals surface area (Å²) in [6, 6.07) is 19.3. The van der Waals surface area contributed by atoms with Gasteiger partial charge >= 0.3 is 6.09 Å². The summed E-state index contributed by atoms with van der Waals surface area (Å²) in [5, 5.41) is 27.1. The number of aliphatic hydroxyl groups is 1. The summed E-state index contributed by atoms with van der Waals surface area (Å²) in [6.07, 6.45) is 1.69. The van der Waals surface area contributed by atoms with Crippen molar-refractivity contribution >= 4 is 22.0 Å². The molecular formula is C34H43FN4O6S. The summed E-state index contributed by atoms with van der Waals surface area (Å²) >= 11 is 0. The van der Waals surface area contributed by atoms with Gasteiger partial charge < -0.3 is 25.7 Å². The molecular weight excluding hydrogens is 611 g/mol. The number of rotatable bonds is 14. The number of halogens is 1. The molecule has 1 aliphatic heterocycles. The summed E-state index contributed by atoms with van der Waals surface area (Å²) in [5.41, 5.74) is 2.22. The fraction of sp³-hybridized carbons (Fsp3) is 0.412. The minimum Gasteiger partial charge on any atom is -0.465 e. The van der Waals surface area contributed by atoms with E-state index in [0.29, 0.717) is 61.2 Å². The van der Waals surface area contributed by atoms with Crippen molar-refractivity contribution < 1.29 is 32.6 Å². The van der Waals surface area contributed by atoms with Gasteiger partial charge in [-0.1, -0.05) is 54.1 Å². The van der Waals surface area contributed by atoms with Crippen molar-refractivity contribution in [2.45, 2.75) is 44.8 Å². The maximum atomic E-state index is 15.6. The van der Waals surface area contributed by atoms with Crippen LogP contribution in [-0.4, -0.2) is 74.5 Å². The summed E-state index contributed by atoms with van der Waals surface area (Å²) in [7, 11) is -3.24. The number of piperidine rings is 1. The van der Waals surface area contributed by atoms with Crippen LogP contribution in [0.3, 0.4) is 0 Å². The third-order valence-electron chi connectivity index (χ3n) is 8.38. The molecule has 1 saturated heterocycles. The van der Waals surface area contributed by atoms with Gasteiger partial charge in [-0.25, -0.2) is 22.3 Å². The third-order valence-corrected chi connectivity index (χ3v) is 9.11. The number of carbonyl (C=O) groups excluding carboxylic acids is 1. The average molecular weight is 655 g/mol. The van der Waals surface area contributed by atoms with Crippen molar-refractivity contribution in [2.24, 2.45) is 5.92 Å². The molecule has 2 amide bonds. The Kier molecular flexibility index (Phi) is 11.9. The molecule has 46 heavy (non-hydrogen) atoms. The van der Waals surface area contributed by atoms with Crippen LogP contribution >= 0.6 is 0 Å². The van der Waals surface area contributed by atoms with Gasteiger partial charge in [0.1, 0.15) is 5.82 Å². The van der Waals surface area contributed by atoms with Crippen LogP contribution in [0.1, 0.15) is 52.7 Å². The highest BCUT2D eigenvalue weighted by atomic mass is 32.2. The number of hydrogen-bond donors (Lipinski definition) is 5. The Bertz CT molecular complexity index is 1620. The lowest BCUT2D eigenvalue weighted by Crippen LogP contribution is -2.48. The zero-order valence-corrected chi connectivity index (χ0v) is 27.1. The van der Waals surface area contributed by atoms with E-state index in [1.165, 1.54) is 6.07 Å². The summed E-state index contributed by atoms with van der Waals surface area (Å²) < 4.78 is 40.4. The quantitative estimate of drug-likeness (QED) is 0.164. The van der Waals surface area contributed by atoms with Gasteiger partial charge in [-0.3, -0.25) is 4.79 Å². The van der Waals surface area contributed by atoms with Crippen LogP contribution in [0.2, 0.25) is 0 Å². The monoisotopic (exact) mass is 654 g/mol. The molecule has 0 aliphatic carbocycles. The number of amides is 2. The molecule has 0 bridgehead atoms. The number of benzene rings is 3. The van der Waals surface area contributed by atoms with Gasteiger partial charge in [0.15, 0.2) is 0 Å². The van der Waals surface area contributed by atoms with Crippen LogP contribution in [0.5, 0.6) is 0 Å². The second-order valence-electron chi connectivity index (χ2n) is 11.9. The fourth-order valence-corrected chi connectivity index (χ4v) is 6.62. The predicted molar refractivity (Wildman–Crippen MR) is 175 cm³/mol. The first-order valence-corrected chi connectivity index (χ1v) is 17.4. The Balaban J connectivity index is 1.54. The molecule has 4 rings (SSSR count). The molecule has 0 saturated carbocycles. The van der Waals surface area contributed by atoms with Crippen molar-refractivity contribution in [3.05, 3.63) is 94.8 Å². The lowest BCUT2D eigenvalue weighted by molar-refractivity contribution is -0.0564. The molecule has 0 radical (unpaired) electrons. The highest BCUT2D eigenvalue weighted by molar-refractivity contribution is 7.88. The normalized spacial score (nSPS) is 16.5. The fourth-order valence-electron chi connectivity index (χ4n) is 6.15.